The number of aliphatic hydroxyl groups is 1. The molecule has 0 radical (unpaired) electrons. The first-order valence-corrected chi connectivity index (χ1v) is 7.85. The molecule has 1 aromatic carbocycles. The second-order valence-electron chi connectivity index (χ2n) is 6.99. The second kappa shape index (κ2) is 7.55. The van der Waals surface area contributed by atoms with Gasteiger partial charge in [-0.25, -0.2) is 4.79 Å². The molecule has 0 aromatic heterocycles. The highest BCUT2D eigenvalue weighted by Gasteiger charge is 2.39. The van der Waals surface area contributed by atoms with Gasteiger partial charge >= 0.3 is 13.1 Å². The van der Waals surface area contributed by atoms with Crippen LogP contribution < -0.4 is 10.2 Å². The number of carbonyl (C=O) groups is 1. The van der Waals surface area contributed by atoms with E-state index in [9.17, 15) is 14.9 Å². The SMILES string of the molecule is COC(=O)c1cc(OC(C)C)cc(B(O)OC(C)(C)C(C)(C)O)c1. The van der Waals surface area contributed by atoms with Crippen LogP contribution in [0.4, 0.5) is 0 Å². The number of ether oxygens (including phenoxy) is 2. The predicted octanol–water partition coefficient (Wildman–Crippen LogP) is 1.51. The molecule has 134 valence electrons. The maximum Gasteiger partial charge on any atom is 0.491 e. The van der Waals surface area contributed by atoms with Crippen molar-refractivity contribution in [3.8, 4) is 5.75 Å². The third-order valence-corrected chi connectivity index (χ3v) is 3.89. The van der Waals surface area contributed by atoms with Gasteiger partial charge in [-0.05, 0) is 65.2 Å². The van der Waals surface area contributed by atoms with E-state index in [1.165, 1.54) is 13.2 Å². The summed E-state index contributed by atoms with van der Waals surface area (Å²) in [5.74, 6) is -0.119. The van der Waals surface area contributed by atoms with Gasteiger partial charge in [-0.15, -0.1) is 0 Å². The minimum absolute atomic E-state index is 0.100. The first kappa shape index (κ1) is 20.5. The van der Waals surface area contributed by atoms with Gasteiger partial charge in [0.1, 0.15) is 5.75 Å². The summed E-state index contributed by atoms with van der Waals surface area (Å²) in [7, 11) is -0.0620. The largest absolute Gasteiger partial charge is 0.491 e. The molecule has 7 heteroatoms. The Labute approximate surface area is 143 Å². The smallest absolute Gasteiger partial charge is 0.491 e. The van der Waals surface area contributed by atoms with Crippen LogP contribution in [0.5, 0.6) is 5.75 Å². The molecule has 0 aliphatic carbocycles. The third-order valence-electron chi connectivity index (χ3n) is 3.89. The van der Waals surface area contributed by atoms with E-state index in [-0.39, 0.29) is 11.7 Å². The van der Waals surface area contributed by atoms with Crippen molar-refractivity contribution in [2.45, 2.75) is 58.8 Å². The maximum absolute atomic E-state index is 11.8. The summed E-state index contributed by atoms with van der Waals surface area (Å²) in [6.45, 7) is 10.2. The van der Waals surface area contributed by atoms with Crippen molar-refractivity contribution in [1.29, 1.82) is 0 Å². The normalized spacial score (nSPS) is 12.2. The van der Waals surface area contributed by atoms with Crippen molar-refractivity contribution in [1.82, 2.24) is 0 Å². The van der Waals surface area contributed by atoms with E-state index in [0.29, 0.717) is 11.2 Å². The molecule has 1 aromatic rings. The van der Waals surface area contributed by atoms with E-state index in [1.54, 1.807) is 39.8 Å². The van der Waals surface area contributed by atoms with Gasteiger partial charge in [0.2, 0.25) is 0 Å². The number of hydrogen-bond acceptors (Lipinski definition) is 6. The van der Waals surface area contributed by atoms with Gasteiger partial charge in [-0.3, -0.25) is 0 Å². The summed E-state index contributed by atoms with van der Waals surface area (Å²) in [5, 5.41) is 20.6. The molecule has 0 aliphatic rings. The number of hydrogen-bond donors (Lipinski definition) is 2. The van der Waals surface area contributed by atoms with Crippen LogP contribution in [0.25, 0.3) is 0 Å². The van der Waals surface area contributed by atoms with E-state index >= 15 is 0 Å². The highest BCUT2D eigenvalue weighted by Crippen LogP contribution is 2.25. The van der Waals surface area contributed by atoms with Gasteiger partial charge in [0.15, 0.2) is 0 Å². The summed E-state index contributed by atoms with van der Waals surface area (Å²) >= 11 is 0. The van der Waals surface area contributed by atoms with Crippen molar-refractivity contribution in [3.05, 3.63) is 23.8 Å². The van der Waals surface area contributed by atoms with Crippen LogP contribution in [-0.4, -0.2) is 47.6 Å². The Morgan fingerprint density at radius 3 is 2.21 bits per heavy atom. The lowest BCUT2D eigenvalue weighted by molar-refractivity contribution is -0.0982. The fourth-order valence-corrected chi connectivity index (χ4v) is 1.83. The molecule has 0 unspecified atom stereocenters. The van der Waals surface area contributed by atoms with Gasteiger partial charge < -0.3 is 24.3 Å². The average molecular weight is 338 g/mol. The molecule has 0 bridgehead atoms. The van der Waals surface area contributed by atoms with Crippen LogP contribution >= 0.6 is 0 Å². The number of esters is 1. The van der Waals surface area contributed by atoms with Crippen molar-refractivity contribution in [2.24, 2.45) is 0 Å². The van der Waals surface area contributed by atoms with Gasteiger partial charge in [-0.2, -0.15) is 0 Å². The molecule has 0 amide bonds. The van der Waals surface area contributed by atoms with Gasteiger partial charge in [0, 0.05) is 0 Å². The van der Waals surface area contributed by atoms with Crippen LogP contribution in [0, 0.1) is 0 Å². The summed E-state index contributed by atoms with van der Waals surface area (Å²) in [6.07, 6.45) is -0.100. The van der Waals surface area contributed by atoms with Crippen LogP contribution in [0.2, 0.25) is 0 Å². The molecule has 0 heterocycles. The molecule has 1 rings (SSSR count). The lowest BCUT2D eigenvalue weighted by Crippen LogP contribution is -2.53. The molecule has 0 fully saturated rings. The summed E-state index contributed by atoms with van der Waals surface area (Å²) in [4.78, 5) is 11.8. The summed E-state index contributed by atoms with van der Waals surface area (Å²) < 4.78 is 16.0. The number of methoxy groups -OCH3 is 1. The molecule has 0 atom stereocenters. The van der Waals surface area contributed by atoms with E-state index in [1.807, 2.05) is 13.8 Å². The van der Waals surface area contributed by atoms with Crippen LogP contribution in [0.1, 0.15) is 51.9 Å². The van der Waals surface area contributed by atoms with Crippen LogP contribution in [0.15, 0.2) is 18.2 Å². The Balaban J connectivity index is 3.18. The lowest BCUT2D eigenvalue weighted by Gasteiger charge is -2.38. The Morgan fingerprint density at radius 1 is 1.17 bits per heavy atom. The molecule has 6 nitrogen and oxygen atoms in total. The quantitative estimate of drug-likeness (QED) is 0.579. The molecule has 24 heavy (non-hydrogen) atoms. The van der Waals surface area contributed by atoms with Crippen LogP contribution in [-0.2, 0) is 9.39 Å². The monoisotopic (exact) mass is 338 g/mol. The average Bonchev–Trinajstić information content (AvgIpc) is 2.43. The van der Waals surface area contributed by atoms with E-state index in [4.69, 9.17) is 14.1 Å². The minimum atomic E-state index is -1.34. The molecule has 0 spiro atoms. The third kappa shape index (κ3) is 5.23. The second-order valence-corrected chi connectivity index (χ2v) is 6.99. The zero-order valence-electron chi connectivity index (χ0n) is 15.4. The molecule has 0 aliphatic heterocycles. The lowest BCUT2D eigenvalue weighted by atomic mass is 9.76. The Kier molecular flexibility index (Phi) is 6.44. The first-order valence-electron chi connectivity index (χ1n) is 7.85. The zero-order chi connectivity index (χ0) is 18.7. The Hall–Kier alpha value is -1.57. The molecular formula is C17H27BO6. The van der Waals surface area contributed by atoms with Crippen LogP contribution in [0.3, 0.4) is 0 Å². The standard InChI is InChI=1S/C17H27BO6/c1-11(2)23-14-9-12(15(19)22-7)8-13(10-14)18(21)24-17(5,6)16(3,4)20/h8-11,20-21H,1-7H3. The maximum atomic E-state index is 11.8. The zero-order valence-corrected chi connectivity index (χ0v) is 15.4. The predicted molar refractivity (Wildman–Crippen MR) is 92.6 cm³/mol. The van der Waals surface area contributed by atoms with Crippen molar-refractivity contribution >= 4 is 18.6 Å². The Morgan fingerprint density at radius 2 is 1.75 bits per heavy atom. The highest BCUT2D eigenvalue weighted by atomic mass is 16.5. The van der Waals surface area contributed by atoms with Crippen molar-refractivity contribution in [3.63, 3.8) is 0 Å². The molecule has 0 saturated carbocycles. The molecule has 2 N–H and O–H groups in total. The fraction of sp³-hybridized carbons (Fsp3) is 0.588. The highest BCUT2D eigenvalue weighted by molar-refractivity contribution is 6.60. The van der Waals surface area contributed by atoms with Gasteiger partial charge in [0.05, 0.1) is 30.0 Å². The molecule has 0 saturated heterocycles. The van der Waals surface area contributed by atoms with Crippen molar-refractivity contribution < 1.29 is 29.1 Å². The van der Waals surface area contributed by atoms with Gasteiger partial charge in [-0.1, -0.05) is 0 Å². The summed E-state index contributed by atoms with van der Waals surface area (Å²) in [5.41, 5.74) is -1.61. The van der Waals surface area contributed by atoms with Gasteiger partial charge in [0.25, 0.3) is 0 Å². The summed E-state index contributed by atoms with van der Waals surface area (Å²) in [6, 6.07) is 4.62. The van der Waals surface area contributed by atoms with E-state index in [0.717, 1.165) is 0 Å². The van der Waals surface area contributed by atoms with E-state index < -0.39 is 24.3 Å². The first-order chi connectivity index (χ1) is 10.9. The topological polar surface area (TPSA) is 85.2 Å². The molecular weight excluding hydrogens is 311 g/mol. The Bertz CT molecular complexity index is 577. The van der Waals surface area contributed by atoms with E-state index in [2.05, 4.69) is 0 Å². The fourth-order valence-electron chi connectivity index (χ4n) is 1.83. The minimum Gasteiger partial charge on any atom is -0.491 e. The van der Waals surface area contributed by atoms with Crippen molar-refractivity contribution in [2.75, 3.05) is 7.11 Å². The number of carbonyl (C=O) groups excluding carboxylic acids is 1. The number of benzene rings is 1. The number of rotatable bonds is 7.